The summed E-state index contributed by atoms with van der Waals surface area (Å²) in [6.07, 6.45) is 2.86. The van der Waals surface area contributed by atoms with Crippen LogP contribution in [0.3, 0.4) is 0 Å². The second kappa shape index (κ2) is 6.41. The second-order valence-corrected chi connectivity index (χ2v) is 6.42. The second-order valence-electron chi connectivity index (χ2n) is 6.42. The number of esters is 2. The first kappa shape index (κ1) is 17.4. The third-order valence-corrected chi connectivity index (χ3v) is 3.50. The monoisotopic (exact) mass is 296 g/mol. The number of allylic oxidation sites excluding steroid dienone is 2. The quantitative estimate of drug-likeness (QED) is 0.345. The Bertz CT molecular complexity index is 458. The van der Waals surface area contributed by atoms with Crippen molar-refractivity contribution in [2.45, 2.75) is 53.1 Å². The summed E-state index contributed by atoms with van der Waals surface area (Å²) in [7, 11) is 0. The van der Waals surface area contributed by atoms with Gasteiger partial charge in [-0.1, -0.05) is 11.6 Å². The van der Waals surface area contributed by atoms with Crippen molar-refractivity contribution >= 4 is 18.2 Å². The number of aldehydes is 1. The first-order chi connectivity index (χ1) is 9.66. The van der Waals surface area contributed by atoms with Gasteiger partial charge >= 0.3 is 11.9 Å². The van der Waals surface area contributed by atoms with Crippen molar-refractivity contribution in [1.82, 2.24) is 0 Å². The van der Waals surface area contributed by atoms with E-state index in [-0.39, 0.29) is 13.0 Å². The fourth-order valence-electron chi connectivity index (χ4n) is 2.39. The van der Waals surface area contributed by atoms with Gasteiger partial charge in [-0.25, -0.2) is 0 Å². The Morgan fingerprint density at radius 2 is 2.05 bits per heavy atom. The summed E-state index contributed by atoms with van der Waals surface area (Å²) in [5.41, 5.74) is -1.24. The fraction of sp³-hybridized carbons (Fsp3) is 0.688. The molecule has 1 rings (SSSR count). The molecular formula is C16H24O5. The van der Waals surface area contributed by atoms with Crippen LogP contribution in [-0.4, -0.2) is 30.4 Å². The van der Waals surface area contributed by atoms with Crippen molar-refractivity contribution in [3.63, 3.8) is 0 Å². The molecule has 0 bridgehead atoms. The molecule has 0 aliphatic heterocycles. The molecule has 0 radical (unpaired) electrons. The number of rotatable bonds is 4. The molecule has 0 saturated heterocycles. The van der Waals surface area contributed by atoms with Gasteiger partial charge in [-0.2, -0.15) is 0 Å². The van der Waals surface area contributed by atoms with E-state index in [1.807, 2.05) is 13.0 Å². The summed E-state index contributed by atoms with van der Waals surface area (Å²) in [5, 5.41) is 0. The minimum atomic E-state index is -1.49. The molecule has 0 aromatic heterocycles. The average molecular weight is 296 g/mol. The Hall–Kier alpha value is -1.65. The fourth-order valence-corrected chi connectivity index (χ4v) is 2.39. The van der Waals surface area contributed by atoms with Gasteiger partial charge in [0.15, 0.2) is 0 Å². The van der Waals surface area contributed by atoms with E-state index >= 15 is 0 Å². The van der Waals surface area contributed by atoms with Crippen LogP contribution in [0.1, 0.15) is 47.5 Å². The van der Waals surface area contributed by atoms with Gasteiger partial charge in [0.1, 0.15) is 17.3 Å². The predicted octanol–water partition coefficient (Wildman–Crippen LogP) is 2.43. The molecule has 0 heterocycles. The van der Waals surface area contributed by atoms with Gasteiger partial charge in [0, 0.05) is 0 Å². The van der Waals surface area contributed by atoms with Gasteiger partial charge in [-0.15, -0.1) is 0 Å². The Balaban J connectivity index is 3.17. The molecule has 0 unspecified atom stereocenters. The molecule has 21 heavy (non-hydrogen) atoms. The van der Waals surface area contributed by atoms with Crippen molar-refractivity contribution < 1.29 is 23.9 Å². The van der Waals surface area contributed by atoms with Crippen LogP contribution < -0.4 is 0 Å². The van der Waals surface area contributed by atoms with E-state index in [1.54, 1.807) is 27.7 Å². The normalized spacial score (nSPS) is 25.8. The molecule has 0 spiro atoms. The summed E-state index contributed by atoms with van der Waals surface area (Å²) in [5.74, 6) is -2.01. The number of hydrogen-bond donors (Lipinski definition) is 0. The molecule has 5 heteroatoms. The van der Waals surface area contributed by atoms with Crippen LogP contribution in [0.5, 0.6) is 0 Å². The maximum Gasteiger partial charge on any atom is 0.321 e. The summed E-state index contributed by atoms with van der Waals surface area (Å²) in [4.78, 5) is 36.4. The van der Waals surface area contributed by atoms with E-state index in [0.717, 1.165) is 5.57 Å². The Morgan fingerprint density at radius 3 is 2.52 bits per heavy atom. The highest BCUT2D eigenvalue weighted by atomic mass is 16.6. The Labute approximate surface area is 125 Å². The first-order valence-corrected chi connectivity index (χ1v) is 7.18. The first-order valence-electron chi connectivity index (χ1n) is 7.18. The van der Waals surface area contributed by atoms with Crippen LogP contribution in [0, 0.1) is 11.3 Å². The molecule has 118 valence electrons. The molecule has 0 N–H and O–H groups in total. The highest BCUT2D eigenvalue weighted by Crippen LogP contribution is 2.41. The van der Waals surface area contributed by atoms with Crippen molar-refractivity contribution in [3.8, 4) is 0 Å². The minimum Gasteiger partial charge on any atom is -0.466 e. The molecular weight excluding hydrogens is 272 g/mol. The molecule has 1 aliphatic rings. The lowest BCUT2D eigenvalue weighted by Gasteiger charge is -2.37. The van der Waals surface area contributed by atoms with E-state index in [0.29, 0.717) is 12.7 Å². The van der Waals surface area contributed by atoms with Gasteiger partial charge in [-0.3, -0.25) is 9.59 Å². The minimum absolute atomic E-state index is 0.167. The molecule has 0 saturated carbocycles. The largest absolute Gasteiger partial charge is 0.466 e. The van der Waals surface area contributed by atoms with Crippen molar-refractivity contribution in [2.24, 2.45) is 11.3 Å². The SMILES string of the molecule is CCOC(=O)[C@H]1CC(C)=CC[C@@]1(C=O)C(=O)OC(C)(C)C. The van der Waals surface area contributed by atoms with Crippen LogP contribution in [0.2, 0.25) is 0 Å². The number of hydrogen-bond acceptors (Lipinski definition) is 5. The smallest absolute Gasteiger partial charge is 0.321 e. The maximum atomic E-state index is 12.5. The highest BCUT2D eigenvalue weighted by molar-refractivity contribution is 5.99. The molecule has 0 aromatic rings. The lowest BCUT2D eigenvalue weighted by Crippen LogP contribution is -2.49. The van der Waals surface area contributed by atoms with Crippen LogP contribution in [0.4, 0.5) is 0 Å². The predicted molar refractivity (Wildman–Crippen MR) is 77.5 cm³/mol. The molecule has 0 fully saturated rings. The average Bonchev–Trinajstić information content (AvgIpc) is 2.37. The highest BCUT2D eigenvalue weighted by Gasteiger charge is 2.53. The molecule has 2 atom stereocenters. The van der Waals surface area contributed by atoms with E-state index < -0.39 is 28.9 Å². The van der Waals surface area contributed by atoms with Crippen molar-refractivity contribution in [3.05, 3.63) is 11.6 Å². The molecule has 0 amide bonds. The number of carbonyl (C=O) groups excluding carboxylic acids is 3. The summed E-state index contributed by atoms with van der Waals surface area (Å²) >= 11 is 0. The zero-order chi connectivity index (χ0) is 16.3. The molecule has 5 nitrogen and oxygen atoms in total. The van der Waals surface area contributed by atoms with Gasteiger partial charge in [0.25, 0.3) is 0 Å². The lowest BCUT2D eigenvalue weighted by molar-refractivity contribution is -0.178. The van der Waals surface area contributed by atoms with Gasteiger partial charge in [-0.05, 0) is 47.5 Å². The topological polar surface area (TPSA) is 69.7 Å². The van der Waals surface area contributed by atoms with E-state index in [4.69, 9.17) is 9.47 Å². The van der Waals surface area contributed by atoms with Crippen molar-refractivity contribution in [1.29, 1.82) is 0 Å². The zero-order valence-corrected chi connectivity index (χ0v) is 13.4. The summed E-state index contributed by atoms with van der Waals surface area (Å²) in [6.45, 7) is 8.96. The summed E-state index contributed by atoms with van der Waals surface area (Å²) < 4.78 is 10.4. The Kier molecular flexibility index (Phi) is 5.31. The third kappa shape index (κ3) is 3.93. The third-order valence-electron chi connectivity index (χ3n) is 3.50. The van der Waals surface area contributed by atoms with Crippen LogP contribution in [0.25, 0.3) is 0 Å². The summed E-state index contributed by atoms with van der Waals surface area (Å²) in [6, 6.07) is 0. The Morgan fingerprint density at radius 1 is 1.43 bits per heavy atom. The van der Waals surface area contributed by atoms with Gasteiger partial charge in [0.05, 0.1) is 12.5 Å². The zero-order valence-electron chi connectivity index (χ0n) is 13.4. The van der Waals surface area contributed by atoms with Gasteiger partial charge < -0.3 is 14.3 Å². The number of carbonyl (C=O) groups is 3. The van der Waals surface area contributed by atoms with E-state index in [1.165, 1.54) is 0 Å². The maximum absolute atomic E-state index is 12.5. The molecule has 0 aromatic carbocycles. The van der Waals surface area contributed by atoms with E-state index in [9.17, 15) is 14.4 Å². The van der Waals surface area contributed by atoms with Crippen LogP contribution in [-0.2, 0) is 23.9 Å². The number of ether oxygens (including phenoxy) is 2. The lowest BCUT2D eigenvalue weighted by atomic mass is 9.67. The van der Waals surface area contributed by atoms with Crippen LogP contribution in [0.15, 0.2) is 11.6 Å². The standard InChI is InChI=1S/C16H24O5/c1-6-20-13(18)12-9-11(2)7-8-16(12,10-17)14(19)21-15(3,4)5/h7,10,12H,6,8-9H2,1-5H3/t12-,16+/m1/s1. The molecule has 1 aliphatic carbocycles. The van der Waals surface area contributed by atoms with Crippen LogP contribution >= 0.6 is 0 Å². The van der Waals surface area contributed by atoms with Gasteiger partial charge in [0.2, 0.25) is 0 Å². The van der Waals surface area contributed by atoms with Crippen molar-refractivity contribution in [2.75, 3.05) is 6.61 Å². The van der Waals surface area contributed by atoms with E-state index in [2.05, 4.69) is 0 Å².